The van der Waals surface area contributed by atoms with Crippen LogP contribution in [0, 0.1) is 0 Å². The largest absolute Gasteiger partial charge is 0.357 e. The Bertz CT molecular complexity index is 1350. The van der Waals surface area contributed by atoms with E-state index in [0.29, 0.717) is 27.7 Å². The zero-order chi connectivity index (χ0) is 27.7. The molecule has 0 aliphatic carbocycles. The van der Waals surface area contributed by atoms with Gasteiger partial charge in [-0.2, -0.15) is 0 Å². The molecule has 0 aliphatic rings. The first kappa shape index (κ1) is 29.5. The molecule has 202 valence electrons. The molecule has 0 saturated heterocycles. The number of anilines is 1. The topological polar surface area (TPSA) is 86.8 Å². The van der Waals surface area contributed by atoms with Crippen LogP contribution in [0.4, 0.5) is 5.69 Å². The summed E-state index contributed by atoms with van der Waals surface area (Å²) in [5.74, 6) is -0.583. The van der Waals surface area contributed by atoms with Crippen molar-refractivity contribution >= 4 is 50.7 Å². The van der Waals surface area contributed by atoms with Gasteiger partial charge in [0, 0.05) is 43.0 Å². The molecule has 1 unspecified atom stereocenters. The predicted octanol–water partition coefficient (Wildman–Crippen LogP) is 4.93. The van der Waals surface area contributed by atoms with Crippen molar-refractivity contribution in [3.8, 4) is 0 Å². The van der Waals surface area contributed by atoms with Crippen LogP contribution < -0.4 is 9.62 Å². The Morgan fingerprint density at radius 3 is 2.26 bits per heavy atom. The second kappa shape index (κ2) is 13.6. The molecule has 0 aromatic heterocycles. The van der Waals surface area contributed by atoms with Crippen LogP contribution in [0.1, 0.15) is 24.0 Å². The fourth-order valence-corrected chi connectivity index (χ4v) is 5.50. The summed E-state index contributed by atoms with van der Waals surface area (Å²) in [5, 5.41) is 3.58. The van der Waals surface area contributed by atoms with E-state index in [1.807, 2.05) is 42.5 Å². The van der Waals surface area contributed by atoms with Crippen LogP contribution in [0.15, 0.2) is 78.9 Å². The summed E-state index contributed by atoms with van der Waals surface area (Å²) < 4.78 is 26.2. The molecule has 1 atom stereocenters. The summed E-state index contributed by atoms with van der Waals surface area (Å²) >= 11 is 12.5. The minimum atomic E-state index is -3.61. The third kappa shape index (κ3) is 8.21. The number of nitrogens with zero attached hydrogens (tertiary/aromatic N) is 2. The molecule has 38 heavy (non-hydrogen) atoms. The second-order valence-corrected chi connectivity index (χ2v) is 11.6. The van der Waals surface area contributed by atoms with E-state index in [4.69, 9.17) is 23.2 Å². The Morgan fingerprint density at radius 1 is 0.947 bits per heavy atom. The summed E-state index contributed by atoms with van der Waals surface area (Å²) in [5.41, 5.74) is 2.04. The molecule has 3 rings (SSSR count). The number of likely N-dealkylation sites (N-methyl/N-ethyl adjacent to an activating group) is 1. The molecule has 0 spiro atoms. The highest BCUT2D eigenvalue weighted by atomic mass is 35.5. The number of halogens is 2. The lowest BCUT2D eigenvalue weighted by molar-refractivity contribution is -0.141. The van der Waals surface area contributed by atoms with Crippen molar-refractivity contribution in [2.75, 3.05) is 24.2 Å². The van der Waals surface area contributed by atoms with Crippen molar-refractivity contribution in [3.05, 3.63) is 100 Å². The van der Waals surface area contributed by atoms with Gasteiger partial charge in [0.15, 0.2) is 0 Å². The number of nitrogens with one attached hydrogen (secondary N) is 1. The molecule has 2 amide bonds. The van der Waals surface area contributed by atoms with Gasteiger partial charge in [0.05, 0.1) is 11.9 Å². The molecule has 0 fully saturated rings. The van der Waals surface area contributed by atoms with Crippen LogP contribution in [-0.2, 0) is 32.6 Å². The first-order chi connectivity index (χ1) is 18.1. The lowest BCUT2D eigenvalue weighted by Crippen LogP contribution is -2.49. The van der Waals surface area contributed by atoms with E-state index in [-0.39, 0.29) is 37.7 Å². The standard InChI is InChI=1S/C28H31Cl2N3O4S/c1-31-28(35)26(18-21-10-4-3-5-11-21)32(20-22-12-6-7-15-25(22)30)27(34)16-9-17-33(38(2,36)37)24-14-8-13-23(29)19-24/h3-8,10-15,19,26H,9,16-18,20H2,1-2H3,(H,31,35). The molecule has 0 radical (unpaired) electrons. The van der Waals surface area contributed by atoms with Gasteiger partial charge >= 0.3 is 0 Å². The quantitative estimate of drug-likeness (QED) is 0.332. The average molecular weight is 577 g/mol. The number of rotatable bonds is 12. The molecular formula is C28H31Cl2N3O4S. The Balaban J connectivity index is 1.85. The Morgan fingerprint density at radius 2 is 1.63 bits per heavy atom. The first-order valence-corrected chi connectivity index (χ1v) is 14.7. The van der Waals surface area contributed by atoms with E-state index >= 15 is 0 Å². The lowest BCUT2D eigenvalue weighted by atomic mass is 10.0. The summed E-state index contributed by atoms with van der Waals surface area (Å²) in [6.07, 6.45) is 1.69. The zero-order valence-electron chi connectivity index (χ0n) is 21.3. The van der Waals surface area contributed by atoms with E-state index in [1.165, 1.54) is 16.3 Å². The Labute approximate surface area is 234 Å². The normalized spacial score (nSPS) is 12.0. The molecule has 1 N–H and O–H groups in total. The maximum atomic E-state index is 13.6. The molecular weight excluding hydrogens is 545 g/mol. The fourth-order valence-electron chi connectivity index (χ4n) is 4.17. The molecule has 0 bridgehead atoms. The predicted molar refractivity (Wildman–Crippen MR) is 153 cm³/mol. The van der Waals surface area contributed by atoms with Gasteiger partial charge in [-0.05, 0) is 41.8 Å². The summed E-state index contributed by atoms with van der Waals surface area (Å²) in [6.45, 7) is 0.210. The van der Waals surface area contributed by atoms with Crippen LogP contribution in [0.25, 0.3) is 0 Å². The molecule has 0 aliphatic heterocycles. The maximum Gasteiger partial charge on any atom is 0.242 e. The summed E-state index contributed by atoms with van der Waals surface area (Å²) in [7, 11) is -2.08. The van der Waals surface area contributed by atoms with Gasteiger partial charge in [-0.3, -0.25) is 13.9 Å². The smallest absolute Gasteiger partial charge is 0.242 e. The maximum absolute atomic E-state index is 13.6. The van der Waals surface area contributed by atoms with E-state index in [0.717, 1.165) is 11.8 Å². The molecule has 0 saturated carbocycles. The van der Waals surface area contributed by atoms with Gasteiger partial charge in [-0.25, -0.2) is 8.42 Å². The van der Waals surface area contributed by atoms with Gasteiger partial charge in [0.1, 0.15) is 6.04 Å². The second-order valence-electron chi connectivity index (χ2n) is 8.85. The number of carbonyl (C=O) groups excluding carboxylic acids is 2. The fraction of sp³-hybridized carbons (Fsp3) is 0.286. The van der Waals surface area contributed by atoms with Crippen LogP contribution >= 0.6 is 23.2 Å². The number of amides is 2. The number of sulfonamides is 1. The van der Waals surface area contributed by atoms with Crippen molar-refractivity contribution in [1.29, 1.82) is 0 Å². The van der Waals surface area contributed by atoms with Gasteiger partial charge in [-0.15, -0.1) is 0 Å². The molecule has 3 aromatic carbocycles. The number of hydrogen-bond acceptors (Lipinski definition) is 4. The summed E-state index contributed by atoms with van der Waals surface area (Å²) in [4.78, 5) is 28.2. The van der Waals surface area contributed by atoms with Crippen LogP contribution in [-0.4, -0.2) is 51.0 Å². The summed E-state index contributed by atoms with van der Waals surface area (Å²) in [6, 6.07) is 22.4. The number of benzene rings is 3. The highest BCUT2D eigenvalue weighted by molar-refractivity contribution is 7.92. The number of carbonyl (C=O) groups is 2. The molecule has 0 heterocycles. The highest BCUT2D eigenvalue weighted by Crippen LogP contribution is 2.24. The SMILES string of the molecule is CNC(=O)C(Cc1ccccc1)N(Cc1ccccc1Cl)C(=O)CCCN(c1cccc(Cl)c1)S(C)(=O)=O. The lowest BCUT2D eigenvalue weighted by Gasteiger charge is -2.32. The van der Waals surface area contributed by atoms with Crippen molar-refractivity contribution in [1.82, 2.24) is 10.2 Å². The van der Waals surface area contributed by atoms with Crippen molar-refractivity contribution in [3.63, 3.8) is 0 Å². The number of hydrogen-bond donors (Lipinski definition) is 1. The van der Waals surface area contributed by atoms with Crippen molar-refractivity contribution in [2.45, 2.75) is 31.8 Å². The highest BCUT2D eigenvalue weighted by Gasteiger charge is 2.30. The van der Waals surface area contributed by atoms with E-state index in [2.05, 4.69) is 5.32 Å². The first-order valence-electron chi connectivity index (χ1n) is 12.1. The third-order valence-electron chi connectivity index (χ3n) is 6.06. The Hall–Kier alpha value is -3.07. The molecule has 3 aromatic rings. The van der Waals surface area contributed by atoms with Gasteiger partial charge in [-0.1, -0.05) is 77.8 Å². The third-order valence-corrected chi connectivity index (χ3v) is 7.86. The van der Waals surface area contributed by atoms with Crippen molar-refractivity contribution in [2.24, 2.45) is 0 Å². The van der Waals surface area contributed by atoms with Crippen LogP contribution in [0.5, 0.6) is 0 Å². The monoisotopic (exact) mass is 575 g/mol. The van der Waals surface area contributed by atoms with Gasteiger partial charge in [0.25, 0.3) is 0 Å². The molecule has 7 nitrogen and oxygen atoms in total. The zero-order valence-corrected chi connectivity index (χ0v) is 23.6. The van der Waals surface area contributed by atoms with Gasteiger partial charge in [0.2, 0.25) is 21.8 Å². The minimum absolute atomic E-state index is 0.0271. The van der Waals surface area contributed by atoms with Crippen LogP contribution in [0.3, 0.4) is 0 Å². The van der Waals surface area contributed by atoms with Crippen LogP contribution in [0.2, 0.25) is 10.0 Å². The molecule has 10 heteroatoms. The van der Waals surface area contributed by atoms with E-state index < -0.39 is 16.1 Å². The average Bonchev–Trinajstić information content (AvgIpc) is 2.89. The van der Waals surface area contributed by atoms with E-state index in [1.54, 1.807) is 36.4 Å². The minimum Gasteiger partial charge on any atom is -0.357 e. The Kier molecular flexibility index (Phi) is 10.6. The van der Waals surface area contributed by atoms with Crippen molar-refractivity contribution < 1.29 is 18.0 Å². The van der Waals surface area contributed by atoms with Gasteiger partial charge < -0.3 is 10.2 Å². The van der Waals surface area contributed by atoms with E-state index in [9.17, 15) is 18.0 Å².